The monoisotopic (exact) mass is 179 g/mol. The van der Waals surface area contributed by atoms with Crippen molar-refractivity contribution in [2.45, 2.75) is 0 Å². The van der Waals surface area contributed by atoms with Crippen LogP contribution >= 0.6 is 0 Å². The number of hydrogen-bond donors (Lipinski definition) is 2. The van der Waals surface area contributed by atoms with Gasteiger partial charge in [0.15, 0.2) is 0 Å². The summed E-state index contributed by atoms with van der Waals surface area (Å²) in [6.07, 6.45) is 0. The second-order valence-corrected chi connectivity index (χ2v) is 0.179. The molecule has 0 saturated carbocycles. The smallest absolute Gasteiger partial charge is 0.373 e. The molecule has 0 aromatic rings. The van der Waals surface area contributed by atoms with Crippen LogP contribution in [-0.2, 0) is 17.1 Å². The maximum Gasteiger partial charge on any atom is 2.00 e. The standard InChI is InChI=1S/Cu.2N3.H4N2/c;2*1-3-2;1-2/h;;;1-2H2/q+2;2*-1;. The van der Waals surface area contributed by atoms with Crippen LogP contribution in [0.5, 0.6) is 0 Å². The average Bonchev–Trinajstić information content (AvgIpc) is 1.75. The van der Waals surface area contributed by atoms with Crippen LogP contribution in [-0.4, -0.2) is 0 Å². The Morgan fingerprint density at radius 1 is 0.778 bits per heavy atom. The van der Waals surface area contributed by atoms with E-state index in [0.29, 0.717) is 0 Å². The van der Waals surface area contributed by atoms with E-state index in [-0.39, 0.29) is 17.1 Å². The van der Waals surface area contributed by atoms with Gasteiger partial charge >= 0.3 is 17.1 Å². The molecule has 0 fully saturated rings. The van der Waals surface area contributed by atoms with E-state index in [1.54, 1.807) is 0 Å². The van der Waals surface area contributed by atoms with E-state index < -0.39 is 0 Å². The third-order valence-electron chi connectivity index (χ3n) is 0. The molecule has 0 aliphatic rings. The Hall–Kier alpha value is -0.941. The summed E-state index contributed by atoms with van der Waals surface area (Å²) in [6, 6.07) is 0. The van der Waals surface area contributed by atoms with Crippen molar-refractivity contribution in [2.24, 2.45) is 11.7 Å². The average molecular weight is 180 g/mol. The van der Waals surface area contributed by atoms with Crippen molar-refractivity contribution in [3.05, 3.63) is 31.9 Å². The molecule has 0 spiro atoms. The molecule has 9 heavy (non-hydrogen) atoms. The molecule has 4 N–H and O–H groups in total. The fourth-order valence-corrected chi connectivity index (χ4v) is 0. The molecular formula is H4CuN8. The summed E-state index contributed by atoms with van der Waals surface area (Å²) in [6.45, 7) is 0. The summed E-state index contributed by atoms with van der Waals surface area (Å²) in [4.78, 5) is 3.00. The fourth-order valence-electron chi connectivity index (χ4n) is 0. The van der Waals surface area contributed by atoms with E-state index in [1.165, 1.54) is 9.82 Å². The molecule has 9 heteroatoms. The minimum Gasteiger partial charge on any atom is -0.373 e. The molecule has 0 unspecified atom stereocenters. The molecule has 0 bridgehead atoms. The van der Waals surface area contributed by atoms with Gasteiger partial charge in [-0.15, -0.1) is 0 Å². The van der Waals surface area contributed by atoms with Gasteiger partial charge in [0, 0.05) is 0 Å². The minimum atomic E-state index is 0. The Morgan fingerprint density at radius 2 is 0.778 bits per heavy atom. The van der Waals surface area contributed by atoms with E-state index in [1.807, 2.05) is 0 Å². The van der Waals surface area contributed by atoms with Gasteiger partial charge < -0.3 is 22.1 Å². The Labute approximate surface area is 61.5 Å². The summed E-state index contributed by atoms with van der Waals surface area (Å²) in [5.41, 5.74) is 27.0. The van der Waals surface area contributed by atoms with E-state index >= 15 is 0 Å². The molecule has 0 rings (SSSR count). The SMILES string of the molecule is NN.[Cu+2].[N-]=[N+]=[N-].[N-]=[N+]=[N-]. The second-order valence-electron chi connectivity index (χ2n) is 0.179. The Morgan fingerprint density at radius 3 is 0.778 bits per heavy atom. The van der Waals surface area contributed by atoms with Crippen molar-refractivity contribution in [1.29, 1.82) is 0 Å². The van der Waals surface area contributed by atoms with Crippen LogP contribution in [0, 0.1) is 0 Å². The number of nitrogens with zero attached hydrogens (tertiary/aromatic N) is 6. The molecule has 0 aliphatic heterocycles. The topological polar surface area (TPSA) is 169 Å². The van der Waals surface area contributed by atoms with Gasteiger partial charge in [0.1, 0.15) is 0 Å². The van der Waals surface area contributed by atoms with Gasteiger partial charge in [-0.1, -0.05) is 0 Å². The van der Waals surface area contributed by atoms with Gasteiger partial charge in [-0.2, -0.15) is 0 Å². The molecule has 0 amide bonds. The molecule has 0 saturated heterocycles. The van der Waals surface area contributed by atoms with Crippen LogP contribution in [0.4, 0.5) is 0 Å². The first-order valence-corrected chi connectivity index (χ1v) is 1.13. The second kappa shape index (κ2) is 231. The van der Waals surface area contributed by atoms with Crippen LogP contribution in [0.25, 0.3) is 31.9 Å². The molecule has 0 aliphatic carbocycles. The van der Waals surface area contributed by atoms with Gasteiger partial charge in [0.05, 0.1) is 0 Å². The summed E-state index contributed by atoms with van der Waals surface area (Å²) >= 11 is 0. The Balaban J connectivity index is -0.0000000202. The van der Waals surface area contributed by atoms with E-state index in [2.05, 4.69) is 11.7 Å². The van der Waals surface area contributed by atoms with Gasteiger partial charge in [-0.3, -0.25) is 21.5 Å². The Kier molecular flexibility index (Phi) is 625. The van der Waals surface area contributed by atoms with Crippen LogP contribution < -0.4 is 11.7 Å². The molecule has 0 heterocycles. The van der Waals surface area contributed by atoms with Gasteiger partial charge in [0.2, 0.25) is 0 Å². The number of rotatable bonds is 0. The first-order chi connectivity index (χ1) is 3.83. The third-order valence-corrected chi connectivity index (χ3v) is 0. The first-order valence-electron chi connectivity index (χ1n) is 1.13. The van der Waals surface area contributed by atoms with Crippen LogP contribution in [0.2, 0.25) is 0 Å². The van der Waals surface area contributed by atoms with Crippen molar-refractivity contribution >= 4 is 0 Å². The van der Waals surface area contributed by atoms with Crippen molar-refractivity contribution in [3.8, 4) is 0 Å². The molecular weight excluding hydrogens is 176 g/mol. The first kappa shape index (κ1) is 24.4. The van der Waals surface area contributed by atoms with Crippen molar-refractivity contribution in [3.63, 3.8) is 0 Å². The predicted octanol–water partition coefficient (Wildman–Crippen LogP) is 0.548. The summed E-state index contributed by atoms with van der Waals surface area (Å²) in [5, 5.41) is 0. The van der Waals surface area contributed by atoms with Gasteiger partial charge in [0.25, 0.3) is 0 Å². The van der Waals surface area contributed by atoms with Crippen LogP contribution in [0.1, 0.15) is 0 Å². The maximum atomic E-state index is 6.75. The molecule has 0 aromatic heterocycles. The van der Waals surface area contributed by atoms with Crippen molar-refractivity contribution < 1.29 is 17.1 Å². The zero-order chi connectivity index (χ0) is 7.41. The summed E-state index contributed by atoms with van der Waals surface area (Å²) in [7, 11) is 0. The normalized spacial score (nSPS) is 2.44. The molecule has 8 nitrogen and oxygen atoms in total. The molecule has 1 radical (unpaired) electrons. The van der Waals surface area contributed by atoms with Crippen LogP contribution in [0.15, 0.2) is 0 Å². The molecule has 0 atom stereocenters. The predicted molar refractivity (Wildman–Crippen MR) is 28.5 cm³/mol. The van der Waals surface area contributed by atoms with E-state index in [9.17, 15) is 0 Å². The zero-order valence-electron chi connectivity index (χ0n) is 4.14. The maximum absolute atomic E-state index is 6.75. The quantitative estimate of drug-likeness (QED) is 0.138. The summed E-state index contributed by atoms with van der Waals surface area (Å²) < 4.78 is 0. The van der Waals surface area contributed by atoms with Gasteiger partial charge in [-0.25, -0.2) is 0 Å². The van der Waals surface area contributed by atoms with Crippen molar-refractivity contribution in [2.75, 3.05) is 0 Å². The molecule has 0 aromatic carbocycles. The number of hydrogen-bond acceptors (Lipinski definition) is 2. The Bertz CT molecular complexity index is 58.6. The third kappa shape index (κ3) is 204. The fraction of sp³-hybridized carbons (Fsp3) is 0. The van der Waals surface area contributed by atoms with E-state index in [4.69, 9.17) is 22.1 Å². The molecule has 55 valence electrons. The minimum absolute atomic E-state index is 0. The number of nitrogens with two attached hydrogens (primary N) is 2. The van der Waals surface area contributed by atoms with Crippen LogP contribution in [0.3, 0.4) is 0 Å². The van der Waals surface area contributed by atoms with Crippen molar-refractivity contribution in [1.82, 2.24) is 0 Å². The van der Waals surface area contributed by atoms with Gasteiger partial charge in [-0.05, 0) is 0 Å². The van der Waals surface area contributed by atoms with E-state index in [0.717, 1.165) is 0 Å². The number of hydrazine groups is 1. The summed E-state index contributed by atoms with van der Waals surface area (Å²) in [5.74, 6) is 8.00. The largest absolute Gasteiger partial charge is 2.00 e. The zero-order valence-corrected chi connectivity index (χ0v) is 5.08.